The average molecular weight is 187 g/mol. The second-order valence-electron chi connectivity index (χ2n) is 3.06. The van der Waals surface area contributed by atoms with Crippen LogP contribution < -0.4 is 4.72 Å². The SMILES string of the molecule is C#CCS(=O)(=O)NC1CCCC1. The van der Waals surface area contributed by atoms with E-state index in [1.54, 1.807) is 0 Å². The van der Waals surface area contributed by atoms with E-state index in [4.69, 9.17) is 6.42 Å². The van der Waals surface area contributed by atoms with Crippen LogP contribution in [0.25, 0.3) is 0 Å². The summed E-state index contributed by atoms with van der Waals surface area (Å²) >= 11 is 0. The van der Waals surface area contributed by atoms with Gasteiger partial charge in [0.05, 0.1) is 0 Å². The standard InChI is InChI=1S/C8H13NO2S/c1-2-7-12(10,11)9-8-5-3-4-6-8/h1,8-9H,3-7H2. The highest BCUT2D eigenvalue weighted by Gasteiger charge is 2.20. The van der Waals surface area contributed by atoms with Crippen molar-refractivity contribution in [1.82, 2.24) is 4.72 Å². The van der Waals surface area contributed by atoms with Gasteiger partial charge in [0.2, 0.25) is 10.0 Å². The van der Waals surface area contributed by atoms with Gasteiger partial charge >= 0.3 is 0 Å². The van der Waals surface area contributed by atoms with Crippen LogP contribution in [0.3, 0.4) is 0 Å². The van der Waals surface area contributed by atoms with Crippen molar-refractivity contribution in [1.29, 1.82) is 0 Å². The summed E-state index contributed by atoms with van der Waals surface area (Å²) in [5, 5.41) is 0. The van der Waals surface area contributed by atoms with Gasteiger partial charge in [0.1, 0.15) is 5.75 Å². The second-order valence-corrected chi connectivity index (χ2v) is 4.82. The molecule has 0 spiro atoms. The molecule has 1 fully saturated rings. The van der Waals surface area contributed by atoms with E-state index < -0.39 is 10.0 Å². The van der Waals surface area contributed by atoms with Crippen LogP contribution in [0.5, 0.6) is 0 Å². The van der Waals surface area contributed by atoms with E-state index in [1.807, 2.05) is 0 Å². The largest absolute Gasteiger partial charge is 0.223 e. The maximum absolute atomic E-state index is 11.1. The van der Waals surface area contributed by atoms with Crippen LogP contribution in [0.1, 0.15) is 25.7 Å². The molecule has 0 unspecified atom stereocenters. The topological polar surface area (TPSA) is 46.2 Å². The van der Waals surface area contributed by atoms with E-state index >= 15 is 0 Å². The second kappa shape index (κ2) is 3.92. The Morgan fingerprint density at radius 2 is 2.00 bits per heavy atom. The molecule has 0 bridgehead atoms. The molecule has 0 saturated heterocycles. The molecule has 1 rings (SSSR count). The van der Waals surface area contributed by atoms with Crippen molar-refractivity contribution in [2.45, 2.75) is 31.7 Å². The Balaban J connectivity index is 2.44. The van der Waals surface area contributed by atoms with Crippen LogP contribution in [-0.2, 0) is 10.0 Å². The smallest absolute Gasteiger partial charge is 0.211 e. The minimum Gasteiger partial charge on any atom is -0.211 e. The van der Waals surface area contributed by atoms with Crippen molar-refractivity contribution in [2.75, 3.05) is 5.75 Å². The van der Waals surface area contributed by atoms with Gasteiger partial charge in [-0.15, -0.1) is 6.42 Å². The maximum Gasteiger partial charge on any atom is 0.223 e. The normalized spacial score (nSPS) is 19.2. The fourth-order valence-electron chi connectivity index (χ4n) is 1.45. The molecule has 68 valence electrons. The fraction of sp³-hybridized carbons (Fsp3) is 0.750. The zero-order valence-electron chi connectivity index (χ0n) is 6.91. The van der Waals surface area contributed by atoms with E-state index in [0.29, 0.717) is 0 Å². The quantitative estimate of drug-likeness (QED) is 0.653. The van der Waals surface area contributed by atoms with Crippen molar-refractivity contribution in [3.8, 4) is 12.3 Å². The highest BCUT2D eigenvalue weighted by molar-refractivity contribution is 7.89. The first-order chi connectivity index (χ1) is 5.64. The Morgan fingerprint density at radius 1 is 1.42 bits per heavy atom. The van der Waals surface area contributed by atoms with Crippen LogP contribution >= 0.6 is 0 Å². The van der Waals surface area contributed by atoms with Gasteiger partial charge in [-0.25, -0.2) is 13.1 Å². The molecule has 0 atom stereocenters. The summed E-state index contributed by atoms with van der Waals surface area (Å²) in [6.45, 7) is 0. The fourth-order valence-corrected chi connectivity index (χ4v) is 2.50. The van der Waals surface area contributed by atoms with Crippen molar-refractivity contribution < 1.29 is 8.42 Å². The zero-order valence-corrected chi connectivity index (χ0v) is 7.73. The third kappa shape index (κ3) is 2.84. The molecule has 1 aliphatic rings. The molecule has 0 heterocycles. The first kappa shape index (κ1) is 9.56. The summed E-state index contributed by atoms with van der Waals surface area (Å²) in [7, 11) is -3.20. The number of hydrogen-bond acceptors (Lipinski definition) is 2. The Bertz CT molecular complexity index is 270. The predicted molar refractivity (Wildman–Crippen MR) is 48.0 cm³/mol. The molecule has 0 aliphatic heterocycles. The summed E-state index contributed by atoms with van der Waals surface area (Å²) < 4.78 is 24.9. The number of nitrogens with one attached hydrogen (secondary N) is 1. The highest BCUT2D eigenvalue weighted by atomic mass is 32.2. The van der Waals surface area contributed by atoms with Gasteiger partial charge in [-0.3, -0.25) is 0 Å². The number of rotatable bonds is 3. The van der Waals surface area contributed by atoms with Gasteiger partial charge < -0.3 is 0 Å². The monoisotopic (exact) mass is 187 g/mol. The van der Waals surface area contributed by atoms with Gasteiger partial charge in [-0.05, 0) is 12.8 Å². The van der Waals surface area contributed by atoms with Crippen molar-refractivity contribution in [3.05, 3.63) is 0 Å². The first-order valence-corrected chi connectivity index (χ1v) is 5.73. The third-order valence-corrected chi connectivity index (χ3v) is 3.21. The number of sulfonamides is 1. The number of hydrogen-bond donors (Lipinski definition) is 1. The highest BCUT2D eigenvalue weighted by Crippen LogP contribution is 2.18. The van der Waals surface area contributed by atoms with Crippen molar-refractivity contribution in [3.63, 3.8) is 0 Å². The van der Waals surface area contributed by atoms with Crippen LogP contribution in [0.4, 0.5) is 0 Å². The Hall–Kier alpha value is -0.530. The molecule has 3 nitrogen and oxygen atoms in total. The summed E-state index contributed by atoms with van der Waals surface area (Å²) in [4.78, 5) is 0. The van der Waals surface area contributed by atoms with Gasteiger partial charge in [-0.2, -0.15) is 0 Å². The molecular formula is C8H13NO2S. The maximum atomic E-state index is 11.1. The average Bonchev–Trinajstić information content (AvgIpc) is 2.38. The molecule has 0 amide bonds. The molecule has 0 aromatic rings. The Morgan fingerprint density at radius 3 is 2.50 bits per heavy atom. The van der Waals surface area contributed by atoms with Gasteiger partial charge in [0, 0.05) is 6.04 Å². The summed E-state index contributed by atoms with van der Waals surface area (Å²) in [6, 6.07) is 0.128. The van der Waals surface area contributed by atoms with Gasteiger partial charge in [-0.1, -0.05) is 18.8 Å². The molecule has 4 heteroatoms. The lowest BCUT2D eigenvalue weighted by Gasteiger charge is -2.09. The zero-order chi connectivity index (χ0) is 9.03. The third-order valence-electron chi connectivity index (χ3n) is 1.97. The van der Waals surface area contributed by atoms with Crippen LogP contribution in [0.15, 0.2) is 0 Å². The summed E-state index contributed by atoms with van der Waals surface area (Å²) in [5.41, 5.74) is 0. The Labute approximate surface area is 73.6 Å². The lowest BCUT2D eigenvalue weighted by atomic mass is 10.3. The Kier molecular flexibility index (Phi) is 3.12. The van der Waals surface area contributed by atoms with E-state index in [2.05, 4.69) is 10.6 Å². The van der Waals surface area contributed by atoms with E-state index in [-0.39, 0.29) is 11.8 Å². The number of terminal acetylenes is 1. The van der Waals surface area contributed by atoms with E-state index in [9.17, 15) is 8.42 Å². The first-order valence-electron chi connectivity index (χ1n) is 4.07. The molecule has 1 aliphatic carbocycles. The molecule has 1 N–H and O–H groups in total. The summed E-state index contributed by atoms with van der Waals surface area (Å²) in [5.74, 6) is 1.93. The van der Waals surface area contributed by atoms with E-state index in [1.165, 1.54) is 0 Å². The van der Waals surface area contributed by atoms with Crippen LogP contribution in [-0.4, -0.2) is 20.2 Å². The minimum absolute atomic E-state index is 0.128. The minimum atomic E-state index is -3.20. The summed E-state index contributed by atoms with van der Waals surface area (Å²) in [6.07, 6.45) is 9.04. The lowest BCUT2D eigenvalue weighted by molar-refractivity contribution is 0.555. The van der Waals surface area contributed by atoms with Gasteiger partial charge in [0.25, 0.3) is 0 Å². The van der Waals surface area contributed by atoms with Gasteiger partial charge in [0.15, 0.2) is 0 Å². The molecule has 0 aromatic carbocycles. The van der Waals surface area contributed by atoms with Crippen LogP contribution in [0.2, 0.25) is 0 Å². The molecular weight excluding hydrogens is 174 g/mol. The van der Waals surface area contributed by atoms with Crippen LogP contribution in [0, 0.1) is 12.3 Å². The molecule has 1 saturated carbocycles. The predicted octanol–water partition coefficient (Wildman–Crippen LogP) is 0.482. The van der Waals surface area contributed by atoms with E-state index in [0.717, 1.165) is 25.7 Å². The molecule has 0 aromatic heterocycles. The molecule has 0 radical (unpaired) electrons. The lowest BCUT2D eigenvalue weighted by Crippen LogP contribution is -2.34. The van der Waals surface area contributed by atoms with Crippen molar-refractivity contribution >= 4 is 10.0 Å². The molecule has 12 heavy (non-hydrogen) atoms. The van der Waals surface area contributed by atoms with Crippen molar-refractivity contribution in [2.24, 2.45) is 0 Å².